The molecule has 1 amide bonds. The van der Waals surface area contributed by atoms with Crippen LogP contribution in [0, 0.1) is 11.3 Å². The third-order valence-electron chi connectivity index (χ3n) is 6.60. The zero-order chi connectivity index (χ0) is 22.1. The quantitative estimate of drug-likeness (QED) is 0.745. The standard InChI is InChI=1S/C26H25N3O3/c27-12-14-28-16-22(29-13-5-15-32-17-23(30)25(29)26(28)31)24-20-8-3-1-6-18(20)10-11-19-7-2-4-9-21(19)24/h1-9,13,22,24,30H,10-11,14-17H2/b13-5-,25-23+. The monoisotopic (exact) mass is 427 g/mol. The largest absolute Gasteiger partial charge is 0.507 e. The molecule has 1 unspecified atom stereocenters. The molecule has 162 valence electrons. The van der Waals surface area contributed by atoms with Gasteiger partial charge in [-0.1, -0.05) is 48.5 Å². The van der Waals surface area contributed by atoms with E-state index in [9.17, 15) is 15.2 Å². The molecule has 0 aromatic heterocycles. The molecule has 6 nitrogen and oxygen atoms in total. The van der Waals surface area contributed by atoms with Gasteiger partial charge in [-0.25, -0.2) is 0 Å². The van der Waals surface area contributed by atoms with Gasteiger partial charge in [-0.15, -0.1) is 0 Å². The van der Waals surface area contributed by atoms with Crippen molar-refractivity contribution in [3.8, 4) is 6.07 Å². The molecule has 6 heteroatoms. The predicted octanol–water partition coefficient (Wildman–Crippen LogP) is 3.27. The van der Waals surface area contributed by atoms with Crippen LogP contribution in [0.4, 0.5) is 0 Å². The summed E-state index contributed by atoms with van der Waals surface area (Å²) in [6.07, 6.45) is 5.64. The van der Waals surface area contributed by atoms with E-state index >= 15 is 0 Å². The molecule has 0 spiro atoms. The van der Waals surface area contributed by atoms with Crippen LogP contribution in [0.1, 0.15) is 28.2 Å². The molecule has 3 aliphatic rings. The molecule has 2 aliphatic heterocycles. The van der Waals surface area contributed by atoms with Crippen LogP contribution in [0.15, 0.2) is 72.3 Å². The van der Waals surface area contributed by atoms with E-state index in [-0.39, 0.29) is 42.5 Å². The van der Waals surface area contributed by atoms with Crippen molar-refractivity contribution in [2.24, 2.45) is 0 Å². The maximum atomic E-state index is 13.2. The van der Waals surface area contributed by atoms with Gasteiger partial charge in [-0.2, -0.15) is 5.26 Å². The first-order valence-corrected chi connectivity index (χ1v) is 11.0. The number of hydrogen-bond acceptors (Lipinski definition) is 5. The van der Waals surface area contributed by atoms with Crippen LogP contribution in [0.5, 0.6) is 0 Å². The first-order valence-electron chi connectivity index (χ1n) is 11.0. The van der Waals surface area contributed by atoms with E-state index in [4.69, 9.17) is 4.74 Å². The predicted molar refractivity (Wildman–Crippen MR) is 120 cm³/mol. The fourth-order valence-corrected chi connectivity index (χ4v) is 5.20. The zero-order valence-corrected chi connectivity index (χ0v) is 17.8. The maximum Gasteiger partial charge on any atom is 0.275 e. The molecular weight excluding hydrogens is 402 g/mol. The van der Waals surface area contributed by atoms with Crippen LogP contribution >= 0.6 is 0 Å². The SMILES string of the molecule is N#CCN1CC(C2c3ccccc3CCc3ccccc32)N2/C=C\COC/C(O)=C\2C1=O. The summed E-state index contributed by atoms with van der Waals surface area (Å²) in [4.78, 5) is 16.7. The molecule has 1 N–H and O–H groups in total. The van der Waals surface area contributed by atoms with Gasteiger partial charge in [-0.3, -0.25) is 4.79 Å². The van der Waals surface area contributed by atoms with E-state index in [1.165, 1.54) is 27.2 Å². The number of carbonyl (C=O) groups excluding carboxylic acids is 1. The fraction of sp³-hybridized carbons (Fsp3) is 0.308. The van der Waals surface area contributed by atoms with E-state index in [1.54, 1.807) is 0 Å². The Morgan fingerprint density at radius 1 is 1.06 bits per heavy atom. The normalized spacial score (nSPS) is 24.3. The minimum atomic E-state index is -0.342. The van der Waals surface area contributed by atoms with Crippen LogP contribution < -0.4 is 0 Å². The molecule has 2 aromatic carbocycles. The number of benzene rings is 2. The van der Waals surface area contributed by atoms with Crippen molar-refractivity contribution in [1.82, 2.24) is 9.80 Å². The molecule has 1 saturated heterocycles. The Hall–Kier alpha value is -3.56. The van der Waals surface area contributed by atoms with Gasteiger partial charge in [0.1, 0.15) is 24.6 Å². The van der Waals surface area contributed by atoms with E-state index < -0.39 is 0 Å². The number of hydrogen-bond donors (Lipinski definition) is 1. The lowest BCUT2D eigenvalue weighted by Crippen LogP contribution is -2.56. The second-order valence-electron chi connectivity index (χ2n) is 8.39. The maximum absolute atomic E-state index is 13.2. The molecule has 0 bridgehead atoms. The number of aryl methyl sites for hydroxylation is 2. The summed E-state index contributed by atoms with van der Waals surface area (Å²) in [5.41, 5.74) is 5.27. The average molecular weight is 428 g/mol. The topological polar surface area (TPSA) is 76.8 Å². The average Bonchev–Trinajstić information content (AvgIpc) is 2.96. The van der Waals surface area contributed by atoms with Crippen LogP contribution in [0.2, 0.25) is 0 Å². The lowest BCUT2D eigenvalue weighted by molar-refractivity contribution is -0.132. The van der Waals surface area contributed by atoms with E-state index in [0.717, 1.165) is 12.8 Å². The summed E-state index contributed by atoms with van der Waals surface area (Å²) < 4.78 is 5.44. The Balaban J connectivity index is 1.72. The molecule has 1 aliphatic carbocycles. The number of nitrogens with zero attached hydrogens (tertiary/aromatic N) is 3. The van der Waals surface area contributed by atoms with Crippen molar-refractivity contribution >= 4 is 5.91 Å². The number of fused-ring (bicyclic) bond motifs is 3. The molecule has 5 rings (SSSR count). The highest BCUT2D eigenvalue weighted by Gasteiger charge is 2.43. The molecule has 1 atom stereocenters. The Labute approximate surface area is 187 Å². The van der Waals surface area contributed by atoms with Crippen molar-refractivity contribution in [3.63, 3.8) is 0 Å². The Bertz CT molecular complexity index is 1100. The summed E-state index contributed by atoms with van der Waals surface area (Å²) in [7, 11) is 0. The summed E-state index contributed by atoms with van der Waals surface area (Å²) in [5, 5.41) is 20.2. The van der Waals surface area contributed by atoms with Crippen molar-refractivity contribution in [3.05, 3.63) is 94.5 Å². The zero-order valence-electron chi connectivity index (χ0n) is 17.8. The number of aliphatic hydroxyl groups excluding tert-OH is 1. The number of carbonyl (C=O) groups is 1. The molecular formula is C26H25N3O3. The minimum absolute atomic E-state index is 0.0213. The number of aliphatic hydroxyl groups is 1. The third-order valence-corrected chi connectivity index (χ3v) is 6.60. The Morgan fingerprint density at radius 2 is 1.72 bits per heavy atom. The minimum Gasteiger partial charge on any atom is -0.507 e. The van der Waals surface area contributed by atoms with Gasteiger partial charge >= 0.3 is 0 Å². The molecule has 32 heavy (non-hydrogen) atoms. The first-order chi connectivity index (χ1) is 15.7. The third kappa shape index (κ3) is 3.45. The number of amides is 1. The van der Waals surface area contributed by atoms with Crippen molar-refractivity contribution < 1.29 is 14.6 Å². The van der Waals surface area contributed by atoms with E-state index in [2.05, 4.69) is 54.6 Å². The van der Waals surface area contributed by atoms with Gasteiger partial charge < -0.3 is 19.6 Å². The van der Waals surface area contributed by atoms with E-state index in [0.29, 0.717) is 13.2 Å². The van der Waals surface area contributed by atoms with Crippen molar-refractivity contribution in [2.75, 3.05) is 26.3 Å². The van der Waals surface area contributed by atoms with Crippen LogP contribution in [-0.4, -0.2) is 53.2 Å². The van der Waals surface area contributed by atoms with Gasteiger partial charge in [0.15, 0.2) is 0 Å². The number of ether oxygens (including phenoxy) is 1. The first kappa shape index (κ1) is 20.3. The summed E-state index contributed by atoms with van der Waals surface area (Å²) in [6, 6.07) is 18.9. The molecule has 1 fully saturated rings. The van der Waals surface area contributed by atoms with Gasteiger partial charge in [0.2, 0.25) is 0 Å². The van der Waals surface area contributed by atoms with Crippen molar-refractivity contribution in [1.29, 1.82) is 5.26 Å². The lowest BCUT2D eigenvalue weighted by Gasteiger charge is -2.45. The van der Waals surface area contributed by atoms with Crippen molar-refractivity contribution in [2.45, 2.75) is 24.8 Å². The summed E-state index contributed by atoms with van der Waals surface area (Å²) in [5.74, 6) is -0.459. The van der Waals surface area contributed by atoms with Gasteiger partial charge in [0.25, 0.3) is 5.91 Å². The number of nitriles is 1. The fourth-order valence-electron chi connectivity index (χ4n) is 5.20. The second kappa shape index (κ2) is 8.52. The van der Waals surface area contributed by atoms with Crippen LogP contribution in [0.3, 0.4) is 0 Å². The highest BCUT2D eigenvalue weighted by Crippen LogP contribution is 2.41. The van der Waals surface area contributed by atoms with Gasteiger partial charge in [-0.05, 0) is 41.2 Å². The molecule has 0 saturated carbocycles. The number of rotatable bonds is 2. The molecule has 2 aromatic rings. The van der Waals surface area contributed by atoms with Crippen LogP contribution in [0.25, 0.3) is 0 Å². The second-order valence-corrected chi connectivity index (χ2v) is 8.39. The number of piperazine rings is 1. The Kier molecular flexibility index (Phi) is 5.42. The molecule has 2 heterocycles. The summed E-state index contributed by atoms with van der Waals surface area (Å²) in [6.45, 7) is 0.684. The summed E-state index contributed by atoms with van der Waals surface area (Å²) >= 11 is 0. The Morgan fingerprint density at radius 3 is 2.38 bits per heavy atom. The van der Waals surface area contributed by atoms with E-state index in [1.807, 2.05) is 17.2 Å². The lowest BCUT2D eigenvalue weighted by atomic mass is 9.80. The van der Waals surface area contributed by atoms with Crippen LogP contribution in [-0.2, 0) is 22.4 Å². The molecule has 0 radical (unpaired) electrons. The smallest absolute Gasteiger partial charge is 0.275 e. The van der Waals surface area contributed by atoms with Gasteiger partial charge in [0, 0.05) is 18.7 Å². The highest BCUT2D eigenvalue weighted by atomic mass is 16.5. The highest BCUT2D eigenvalue weighted by molar-refractivity contribution is 5.94. The van der Waals surface area contributed by atoms with Gasteiger partial charge in [0.05, 0.1) is 18.7 Å².